The summed E-state index contributed by atoms with van der Waals surface area (Å²) >= 11 is 3.14. The topological polar surface area (TPSA) is 81.0 Å². The standard InChI is InChI=1S/C9H12BrN3O2/c10-7-8(14)12-4-13-9(7)15-6-1-5(2-6)3-11/h4-6H,1-3,11H2,(H,12,13,14). The lowest BCUT2D eigenvalue weighted by molar-refractivity contribution is 0.0638. The van der Waals surface area contributed by atoms with E-state index in [-0.39, 0.29) is 11.7 Å². The Kier molecular flexibility index (Phi) is 3.06. The molecule has 3 N–H and O–H groups in total. The number of aromatic nitrogens is 2. The molecule has 2 rings (SSSR count). The number of ether oxygens (including phenoxy) is 1. The third kappa shape index (κ3) is 2.21. The van der Waals surface area contributed by atoms with Gasteiger partial charge in [-0.25, -0.2) is 4.98 Å². The van der Waals surface area contributed by atoms with Crippen LogP contribution in [0.5, 0.6) is 5.88 Å². The van der Waals surface area contributed by atoms with Gasteiger partial charge in [-0.3, -0.25) is 4.79 Å². The minimum absolute atomic E-state index is 0.143. The zero-order valence-corrected chi connectivity index (χ0v) is 9.66. The fourth-order valence-electron chi connectivity index (χ4n) is 1.57. The third-order valence-corrected chi connectivity index (χ3v) is 3.27. The van der Waals surface area contributed by atoms with Gasteiger partial charge in [-0.05, 0) is 41.2 Å². The van der Waals surface area contributed by atoms with Crippen LogP contribution in [0.1, 0.15) is 12.8 Å². The fourth-order valence-corrected chi connectivity index (χ4v) is 1.88. The van der Waals surface area contributed by atoms with Gasteiger partial charge in [0.05, 0.1) is 6.33 Å². The lowest BCUT2D eigenvalue weighted by atomic mass is 9.82. The molecule has 0 aromatic carbocycles. The van der Waals surface area contributed by atoms with E-state index in [2.05, 4.69) is 25.9 Å². The van der Waals surface area contributed by atoms with Gasteiger partial charge in [0, 0.05) is 0 Å². The molecule has 82 valence electrons. The van der Waals surface area contributed by atoms with Gasteiger partial charge in [0.2, 0.25) is 5.88 Å². The Morgan fingerprint density at radius 1 is 1.67 bits per heavy atom. The maximum atomic E-state index is 11.2. The van der Waals surface area contributed by atoms with E-state index in [0.717, 1.165) is 12.8 Å². The van der Waals surface area contributed by atoms with Crippen molar-refractivity contribution < 1.29 is 4.74 Å². The quantitative estimate of drug-likeness (QED) is 0.848. The van der Waals surface area contributed by atoms with Gasteiger partial charge in [-0.15, -0.1) is 0 Å². The summed E-state index contributed by atoms with van der Waals surface area (Å²) in [4.78, 5) is 17.6. The zero-order chi connectivity index (χ0) is 10.8. The van der Waals surface area contributed by atoms with Crippen LogP contribution in [0.25, 0.3) is 0 Å². The van der Waals surface area contributed by atoms with Crippen molar-refractivity contribution in [2.24, 2.45) is 11.7 Å². The molecule has 6 heteroatoms. The fraction of sp³-hybridized carbons (Fsp3) is 0.556. The van der Waals surface area contributed by atoms with Gasteiger partial charge < -0.3 is 15.5 Å². The van der Waals surface area contributed by atoms with Crippen molar-refractivity contribution in [3.8, 4) is 5.88 Å². The molecule has 1 aromatic rings. The molecule has 15 heavy (non-hydrogen) atoms. The Bertz CT molecular complexity index is 401. The molecule has 0 radical (unpaired) electrons. The number of hydrogen-bond acceptors (Lipinski definition) is 4. The SMILES string of the molecule is NCC1CC(Oc2nc[nH]c(=O)c2Br)C1. The van der Waals surface area contributed by atoms with Crippen LogP contribution in [0, 0.1) is 5.92 Å². The highest BCUT2D eigenvalue weighted by molar-refractivity contribution is 9.10. The summed E-state index contributed by atoms with van der Waals surface area (Å²) in [5, 5.41) is 0. The first-order valence-corrected chi connectivity index (χ1v) is 5.60. The van der Waals surface area contributed by atoms with Gasteiger partial charge in [0.15, 0.2) is 0 Å². The van der Waals surface area contributed by atoms with Crippen LogP contribution >= 0.6 is 15.9 Å². The van der Waals surface area contributed by atoms with E-state index in [4.69, 9.17) is 10.5 Å². The van der Waals surface area contributed by atoms with Crippen LogP contribution in [-0.2, 0) is 0 Å². The van der Waals surface area contributed by atoms with Crippen molar-refractivity contribution in [2.45, 2.75) is 18.9 Å². The van der Waals surface area contributed by atoms with E-state index < -0.39 is 0 Å². The van der Waals surface area contributed by atoms with Gasteiger partial charge in [0.1, 0.15) is 10.6 Å². The lowest BCUT2D eigenvalue weighted by Crippen LogP contribution is -2.38. The average Bonchev–Trinajstić information content (AvgIpc) is 2.17. The smallest absolute Gasteiger partial charge is 0.268 e. The molecule has 1 aliphatic rings. The van der Waals surface area contributed by atoms with Crippen LogP contribution in [-0.4, -0.2) is 22.6 Å². The van der Waals surface area contributed by atoms with E-state index in [0.29, 0.717) is 22.8 Å². The van der Waals surface area contributed by atoms with Gasteiger partial charge in [-0.2, -0.15) is 0 Å². The Morgan fingerprint density at radius 3 is 3.07 bits per heavy atom. The number of H-pyrrole nitrogens is 1. The van der Waals surface area contributed by atoms with Crippen LogP contribution in [0.3, 0.4) is 0 Å². The summed E-state index contributed by atoms with van der Waals surface area (Å²) in [6.07, 6.45) is 3.36. The monoisotopic (exact) mass is 273 g/mol. The predicted molar refractivity (Wildman–Crippen MR) is 58.8 cm³/mol. The molecule has 0 spiro atoms. The molecule has 0 saturated heterocycles. The normalized spacial score (nSPS) is 24.7. The minimum atomic E-state index is -0.227. The third-order valence-electron chi connectivity index (χ3n) is 2.57. The van der Waals surface area contributed by atoms with E-state index in [1.54, 1.807) is 0 Å². The van der Waals surface area contributed by atoms with Crippen LogP contribution in [0.15, 0.2) is 15.6 Å². The Hall–Kier alpha value is -0.880. The van der Waals surface area contributed by atoms with Gasteiger partial charge in [0.25, 0.3) is 5.56 Å². The van der Waals surface area contributed by atoms with Crippen molar-refractivity contribution in [3.05, 3.63) is 21.2 Å². The lowest BCUT2D eigenvalue weighted by Gasteiger charge is -2.34. The van der Waals surface area contributed by atoms with Crippen molar-refractivity contribution in [1.82, 2.24) is 9.97 Å². The summed E-state index contributed by atoms with van der Waals surface area (Å²) in [5.74, 6) is 0.912. The molecule has 0 amide bonds. The summed E-state index contributed by atoms with van der Waals surface area (Å²) in [6, 6.07) is 0. The molecule has 1 heterocycles. The van der Waals surface area contributed by atoms with E-state index in [9.17, 15) is 4.79 Å². The Labute approximate surface area is 95.2 Å². The summed E-state index contributed by atoms with van der Waals surface area (Å²) in [7, 11) is 0. The minimum Gasteiger partial charge on any atom is -0.473 e. The molecular weight excluding hydrogens is 262 g/mol. The number of nitrogens with two attached hydrogens (primary N) is 1. The van der Waals surface area contributed by atoms with Crippen molar-refractivity contribution in [3.63, 3.8) is 0 Å². The van der Waals surface area contributed by atoms with Crippen LogP contribution in [0.4, 0.5) is 0 Å². The second-order valence-corrected chi connectivity index (χ2v) is 4.46. The average molecular weight is 274 g/mol. The Morgan fingerprint density at radius 2 is 2.40 bits per heavy atom. The summed E-state index contributed by atoms with van der Waals surface area (Å²) in [5.41, 5.74) is 5.28. The molecular formula is C9H12BrN3O2. The zero-order valence-electron chi connectivity index (χ0n) is 8.07. The molecule has 0 aliphatic heterocycles. The maximum absolute atomic E-state index is 11.2. The van der Waals surface area contributed by atoms with Gasteiger partial charge in [-0.1, -0.05) is 0 Å². The number of halogens is 1. The number of nitrogens with one attached hydrogen (secondary N) is 1. The van der Waals surface area contributed by atoms with Crippen molar-refractivity contribution in [1.29, 1.82) is 0 Å². The van der Waals surface area contributed by atoms with Crippen LogP contribution in [0.2, 0.25) is 0 Å². The number of aromatic amines is 1. The van der Waals surface area contributed by atoms with Crippen LogP contribution < -0.4 is 16.0 Å². The first-order chi connectivity index (χ1) is 7.20. The molecule has 0 atom stereocenters. The molecule has 1 aliphatic carbocycles. The first-order valence-electron chi connectivity index (χ1n) is 4.80. The molecule has 1 fully saturated rings. The molecule has 1 aromatic heterocycles. The molecule has 0 bridgehead atoms. The van der Waals surface area contributed by atoms with E-state index in [1.807, 2.05) is 0 Å². The number of rotatable bonds is 3. The Balaban J connectivity index is 2.00. The molecule has 1 saturated carbocycles. The molecule has 5 nitrogen and oxygen atoms in total. The number of hydrogen-bond donors (Lipinski definition) is 2. The predicted octanol–water partition coefficient (Wildman–Crippen LogP) is 0.648. The number of nitrogens with zero attached hydrogens (tertiary/aromatic N) is 1. The van der Waals surface area contributed by atoms with Gasteiger partial charge >= 0.3 is 0 Å². The summed E-state index contributed by atoms with van der Waals surface area (Å²) in [6.45, 7) is 0.698. The van der Waals surface area contributed by atoms with E-state index in [1.165, 1.54) is 6.33 Å². The van der Waals surface area contributed by atoms with E-state index >= 15 is 0 Å². The van der Waals surface area contributed by atoms with Crippen molar-refractivity contribution in [2.75, 3.05) is 6.54 Å². The second kappa shape index (κ2) is 4.32. The highest BCUT2D eigenvalue weighted by atomic mass is 79.9. The largest absolute Gasteiger partial charge is 0.473 e. The second-order valence-electron chi connectivity index (χ2n) is 3.66. The molecule has 0 unspecified atom stereocenters. The van der Waals surface area contributed by atoms with Crippen molar-refractivity contribution >= 4 is 15.9 Å². The first kappa shape index (κ1) is 10.6. The highest BCUT2D eigenvalue weighted by Crippen LogP contribution is 2.31. The highest BCUT2D eigenvalue weighted by Gasteiger charge is 2.30. The summed E-state index contributed by atoms with van der Waals surface area (Å²) < 4.78 is 5.91. The maximum Gasteiger partial charge on any atom is 0.268 e.